The first-order valence-electron chi connectivity index (χ1n) is 9.94. The highest BCUT2D eigenvalue weighted by Gasteiger charge is 2.50. The van der Waals surface area contributed by atoms with Crippen molar-refractivity contribution < 1.29 is 23.9 Å². The Morgan fingerprint density at radius 1 is 1.03 bits per heavy atom. The van der Waals surface area contributed by atoms with E-state index in [2.05, 4.69) is 23.5 Å². The van der Waals surface area contributed by atoms with E-state index in [-0.39, 0.29) is 6.54 Å². The number of hydrogen-bond acceptors (Lipinski definition) is 8. The molecule has 0 aromatic carbocycles. The quantitative estimate of drug-likeness (QED) is 0.227. The second-order valence-electron chi connectivity index (χ2n) is 6.75. The molecule has 10 heteroatoms. The van der Waals surface area contributed by atoms with Crippen molar-refractivity contribution in [3.05, 3.63) is 46.7 Å². The first-order valence-corrected chi connectivity index (χ1v) is 12.4. The molecule has 0 amide bonds. The summed E-state index contributed by atoms with van der Waals surface area (Å²) in [6, 6.07) is 12.1. The lowest BCUT2D eigenvalue weighted by atomic mass is 9.84. The molecule has 0 saturated heterocycles. The molecule has 0 radical (unpaired) electrons. The smallest absolute Gasteiger partial charge is 0.268 e. The summed E-state index contributed by atoms with van der Waals surface area (Å²) in [5.41, 5.74) is -2.46. The van der Waals surface area contributed by atoms with Crippen LogP contribution in [0.2, 0.25) is 0 Å². The number of aliphatic hydroxyl groups is 1. The molecule has 0 bridgehead atoms. The molecule has 0 aliphatic carbocycles. The van der Waals surface area contributed by atoms with Gasteiger partial charge in [-0.1, -0.05) is 19.9 Å². The van der Waals surface area contributed by atoms with E-state index in [1.54, 1.807) is 28.2 Å². The van der Waals surface area contributed by atoms with Gasteiger partial charge in [-0.15, -0.1) is 34.0 Å². The van der Waals surface area contributed by atoms with E-state index in [1.165, 1.54) is 35.1 Å². The van der Waals surface area contributed by atoms with Crippen LogP contribution in [0.25, 0.3) is 19.5 Å². The molecule has 3 heterocycles. The Balaban J connectivity index is 0.000000944. The van der Waals surface area contributed by atoms with Crippen LogP contribution in [0.15, 0.2) is 41.8 Å². The molecule has 3 aromatic heterocycles. The number of hydrogen-bond donors (Lipinski definition) is 4. The number of halogens is 2. The maximum Gasteiger partial charge on any atom is 0.268 e. The molecule has 0 saturated carbocycles. The van der Waals surface area contributed by atoms with Crippen molar-refractivity contribution in [2.75, 3.05) is 7.05 Å². The van der Waals surface area contributed by atoms with Crippen molar-refractivity contribution in [2.24, 2.45) is 0 Å². The standard InChI is InChI=1S/C19H19F2NO2S3.C2H6.CH5NO/c1-18(11-23,19(2,24)17(20)21)22-10-12-5-6-15(26-12)16-8-7-14(27-16)13-4-3-9-25-13;1-2;1-2-3/h3-9,11,17,22,24H,10H2,1-2H3;1-2H3;2-3H,1H3. The highest BCUT2D eigenvalue weighted by Crippen LogP contribution is 2.39. The van der Waals surface area contributed by atoms with Crippen molar-refractivity contribution in [1.82, 2.24) is 10.8 Å². The van der Waals surface area contributed by atoms with Gasteiger partial charge in [0.2, 0.25) is 0 Å². The zero-order valence-corrected chi connectivity index (χ0v) is 21.1. The van der Waals surface area contributed by atoms with Gasteiger partial charge in [-0.05, 0) is 49.6 Å². The molecule has 5 nitrogen and oxygen atoms in total. The molecular weight excluding hydrogens is 474 g/mol. The summed E-state index contributed by atoms with van der Waals surface area (Å²) in [4.78, 5) is 16.9. The Morgan fingerprint density at radius 2 is 1.56 bits per heavy atom. The molecule has 0 fully saturated rings. The summed E-state index contributed by atoms with van der Waals surface area (Å²) >= 11 is 4.92. The van der Waals surface area contributed by atoms with Gasteiger partial charge in [0.05, 0.1) is 0 Å². The van der Waals surface area contributed by atoms with E-state index in [1.807, 2.05) is 37.4 Å². The molecule has 2 atom stereocenters. The molecular formula is C22H30F2N2O3S3. The fourth-order valence-corrected chi connectivity index (χ4v) is 5.34. The van der Waals surface area contributed by atoms with Gasteiger partial charge >= 0.3 is 0 Å². The second kappa shape index (κ2) is 13.2. The molecule has 0 aliphatic heterocycles. The van der Waals surface area contributed by atoms with Crippen LogP contribution in [0.4, 0.5) is 8.78 Å². The molecule has 4 N–H and O–H groups in total. The molecule has 0 aliphatic rings. The fourth-order valence-electron chi connectivity index (χ4n) is 2.46. The number of aldehydes is 1. The van der Waals surface area contributed by atoms with E-state index in [0.29, 0.717) is 6.29 Å². The van der Waals surface area contributed by atoms with Crippen LogP contribution >= 0.6 is 34.0 Å². The van der Waals surface area contributed by atoms with E-state index < -0.39 is 17.6 Å². The van der Waals surface area contributed by atoms with Crippen LogP contribution in [0.3, 0.4) is 0 Å². The Bertz CT molecular complexity index is 927. The summed E-state index contributed by atoms with van der Waals surface area (Å²) in [5, 5.41) is 22.2. The van der Waals surface area contributed by atoms with Gasteiger partial charge in [-0.2, -0.15) is 0 Å². The third-order valence-electron chi connectivity index (χ3n) is 4.62. The first-order chi connectivity index (χ1) is 15.2. The number of alkyl halides is 2. The van der Waals surface area contributed by atoms with Crippen LogP contribution in [0.5, 0.6) is 0 Å². The lowest BCUT2D eigenvalue weighted by Gasteiger charge is -2.38. The Hall–Kier alpha value is -1.53. The van der Waals surface area contributed by atoms with Crippen molar-refractivity contribution >= 4 is 40.3 Å². The average molecular weight is 505 g/mol. The topological polar surface area (TPSA) is 81.6 Å². The van der Waals surface area contributed by atoms with E-state index in [9.17, 15) is 18.7 Å². The van der Waals surface area contributed by atoms with Gasteiger partial charge < -0.3 is 15.1 Å². The van der Waals surface area contributed by atoms with Crippen molar-refractivity contribution in [1.29, 1.82) is 0 Å². The van der Waals surface area contributed by atoms with Crippen molar-refractivity contribution in [3.63, 3.8) is 0 Å². The third-order valence-corrected chi connectivity index (χ3v) is 8.05. The molecule has 2 unspecified atom stereocenters. The van der Waals surface area contributed by atoms with E-state index in [4.69, 9.17) is 5.21 Å². The van der Waals surface area contributed by atoms with Gasteiger partial charge in [0.1, 0.15) is 17.4 Å². The highest BCUT2D eigenvalue weighted by molar-refractivity contribution is 7.26. The maximum absolute atomic E-state index is 13.1. The van der Waals surface area contributed by atoms with Crippen molar-refractivity contribution in [3.8, 4) is 19.5 Å². The summed E-state index contributed by atoms with van der Waals surface area (Å²) in [7, 11) is 1.43. The number of rotatable bonds is 8. The minimum absolute atomic E-state index is 0.214. The molecule has 178 valence electrons. The van der Waals surface area contributed by atoms with E-state index >= 15 is 0 Å². The van der Waals surface area contributed by atoms with Crippen LogP contribution in [0.1, 0.15) is 32.6 Å². The normalized spacial score (nSPS) is 14.4. The number of hydroxylamine groups is 1. The van der Waals surface area contributed by atoms with Gasteiger partial charge in [0, 0.05) is 38.0 Å². The summed E-state index contributed by atoms with van der Waals surface area (Å²) < 4.78 is 26.2. The molecule has 0 spiro atoms. The molecule has 32 heavy (non-hydrogen) atoms. The first kappa shape index (κ1) is 28.5. The van der Waals surface area contributed by atoms with Crippen LogP contribution in [-0.4, -0.2) is 41.2 Å². The molecule has 3 rings (SSSR count). The Labute approximate surface area is 199 Å². The third kappa shape index (κ3) is 6.98. The fraction of sp³-hybridized carbons (Fsp3) is 0.409. The zero-order chi connectivity index (χ0) is 24.4. The predicted octanol–water partition coefficient (Wildman–Crippen LogP) is 5.89. The minimum Gasteiger partial charge on any atom is -0.382 e. The lowest BCUT2D eigenvalue weighted by Crippen LogP contribution is -2.63. The Kier molecular flexibility index (Phi) is 11.8. The Morgan fingerprint density at radius 3 is 2.06 bits per heavy atom. The van der Waals surface area contributed by atoms with Crippen LogP contribution in [-0.2, 0) is 11.3 Å². The van der Waals surface area contributed by atoms with Gasteiger partial charge in [-0.25, -0.2) is 14.3 Å². The zero-order valence-electron chi connectivity index (χ0n) is 18.7. The van der Waals surface area contributed by atoms with Crippen LogP contribution < -0.4 is 10.8 Å². The van der Waals surface area contributed by atoms with Crippen molar-refractivity contribution in [2.45, 2.75) is 51.8 Å². The lowest BCUT2D eigenvalue weighted by molar-refractivity contribution is -0.149. The highest BCUT2D eigenvalue weighted by atomic mass is 32.1. The van der Waals surface area contributed by atoms with Gasteiger partial charge in [0.25, 0.3) is 6.43 Å². The summed E-state index contributed by atoms with van der Waals surface area (Å²) in [5.74, 6) is 0. The number of carbonyl (C=O) groups excluding carboxylic acids is 1. The number of thiophene rings is 3. The monoisotopic (exact) mass is 504 g/mol. The maximum atomic E-state index is 13.1. The minimum atomic E-state index is -3.04. The van der Waals surface area contributed by atoms with Gasteiger partial charge in [-0.3, -0.25) is 5.32 Å². The SMILES string of the molecule is CC.CC(C=O)(NCc1ccc(-c2ccc(-c3cccs3)s2)s1)C(C)(O)C(F)F.CNO. The largest absolute Gasteiger partial charge is 0.382 e. The number of carbonyl (C=O) groups is 1. The summed E-state index contributed by atoms with van der Waals surface area (Å²) in [6.07, 6.45) is -2.69. The van der Waals surface area contributed by atoms with E-state index in [0.717, 1.165) is 21.6 Å². The molecule has 3 aromatic rings. The predicted molar refractivity (Wildman–Crippen MR) is 131 cm³/mol. The second-order valence-corrected chi connectivity index (χ2v) is 9.95. The van der Waals surface area contributed by atoms with Gasteiger partial charge in [0.15, 0.2) is 0 Å². The summed E-state index contributed by atoms with van der Waals surface area (Å²) in [6.45, 7) is 6.47. The average Bonchev–Trinajstić information content (AvgIpc) is 3.54. The van der Waals surface area contributed by atoms with Crippen LogP contribution in [0, 0.1) is 0 Å². The number of nitrogens with one attached hydrogen (secondary N) is 2.